The van der Waals surface area contributed by atoms with E-state index in [1.165, 1.54) is 6.42 Å². The molecule has 0 aromatic carbocycles. The molecule has 0 amide bonds. The first-order valence-electron chi connectivity index (χ1n) is 5.63. The molecule has 0 spiro atoms. The van der Waals surface area contributed by atoms with Crippen LogP contribution in [0.3, 0.4) is 0 Å². The molecule has 1 aliphatic heterocycles. The summed E-state index contributed by atoms with van der Waals surface area (Å²) in [6.07, 6.45) is 4.65. The van der Waals surface area contributed by atoms with Crippen molar-refractivity contribution in [2.75, 3.05) is 6.61 Å². The topological polar surface area (TPSA) is 53.0 Å². The molecule has 0 aromatic heterocycles. The molecule has 15 heavy (non-hydrogen) atoms. The van der Waals surface area contributed by atoms with E-state index in [0.717, 1.165) is 25.7 Å². The second-order valence-corrected chi connectivity index (χ2v) is 4.74. The second-order valence-electron chi connectivity index (χ2n) is 4.74. The quantitative estimate of drug-likeness (QED) is 0.498. The lowest BCUT2D eigenvalue weighted by atomic mass is 9.85. The molecule has 0 radical (unpaired) electrons. The largest absolute Gasteiger partial charge is 0.394 e. The van der Waals surface area contributed by atoms with Gasteiger partial charge in [-0.25, -0.2) is 0 Å². The van der Waals surface area contributed by atoms with E-state index in [2.05, 4.69) is 11.8 Å². The number of hydrogen-bond acceptors (Lipinski definition) is 3. The minimum atomic E-state index is -0.812. The van der Waals surface area contributed by atoms with E-state index in [9.17, 15) is 5.11 Å². The fourth-order valence-electron chi connectivity index (χ4n) is 2.09. The molecule has 1 saturated carbocycles. The molecular weight excluding hydrogens is 192 g/mol. The van der Waals surface area contributed by atoms with E-state index in [4.69, 9.17) is 9.84 Å². The van der Waals surface area contributed by atoms with Gasteiger partial charge in [-0.15, -0.1) is 0 Å². The average molecular weight is 210 g/mol. The maximum Gasteiger partial charge on any atom is 0.154 e. The van der Waals surface area contributed by atoms with Crippen molar-refractivity contribution in [3.05, 3.63) is 0 Å². The Kier molecular flexibility index (Phi) is 2.76. The van der Waals surface area contributed by atoms with Crippen LogP contribution in [0.15, 0.2) is 0 Å². The van der Waals surface area contributed by atoms with Crippen molar-refractivity contribution in [3.8, 4) is 11.8 Å². The van der Waals surface area contributed by atoms with Crippen LogP contribution in [-0.2, 0) is 4.74 Å². The minimum Gasteiger partial charge on any atom is -0.394 e. The zero-order valence-corrected chi connectivity index (χ0v) is 9.12. The Morgan fingerprint density at radius 2 is 1.93 bits per heavy atom. The van der Waals surface area contributed by atoms with Crippen molar-refractivity contribution < 1.29 is 14.9 Å². The van der Waals surface area contributed by atoms with E-state index in [0.29, 0.717) is 0 Å². The van der Waals surface area contributed by atoms with Gasteiger partial charge in [-0.2, -0.15) is 0 Å². The second kappa shape index (κ2) is 3.79. The standard InChI is InChI=1S/C12H18O3/c1-11(10(9-13)15-11)7-8-12(14)5-3-2-4-6-12/h10,13-14H,2-6,9H2,1H3/t10-,11+/m1/s1. The highest BCUT2D eigenvalue weighted by molar-refractivity contribution is 5.28. The van der Waals surface area contributed by atoms with Crippen LogP contribution >= 0.6 is 0 Å². The summed E-state index contributed by atoms with van der Waals surface area (Å²) in [4.78, 5) is 0. The van der Waals surface area contributed by atoms with E-state index in [-0.39, 0.29) is 12.7 Å². The first kappa shape index (κ1) is 10.9. The summed E-state index contributed by atoms with van der Waals surface area (Å²) < 4.78 is 5.25. The van der Waals surface area contributed by atoms with Gasteiger partial charge in [0.1, 0.15) is 11.7 Å². The number of epoxide rings is 1. The summed E-state index contributed by atoms with van der Waals surface area (Å²) >= 11 is 0. The molecule has 2 N–H and O–H groups in total. The Balaban J connectivity index is 1.99. The fourth-order valence-corrected chi connectivity index (χ4v) is 2.09. The highest BCUT2D eigenvalue weighted by Gasteiger charge is 2.51. The van der Waals surface area contributed by atoms with Gasteiger partial charge in [0.05, 0.1) is 6.61 Å². The molecule has 0 aromatic rings. The van der Waals surface area contributed by atoms with Crippen molar-refractivity contribution in [2.24, 2.45) is 0 Å². The Hall–Kier alpha value is -0.560. The van der Waals surface area contributed by atoms with Gasteiger partial charge in [-0.3, -0.25) is 0 Å². The molecule has 1 heterocycles. The predicted octanol–water partition coefficient (Wildman–Crippen LogP) is 0.835. The van der Waals surface area contributed by atoms with Crippen molar-refractivity contribution in [1.82, 2.24) is 0 Å². The van der Waals surface area contributed by atoms with Crippen molar-refractivity contribution in [3.63, 3.8) is 0 Å². The van der Waals surface area contributed by atoms with E-state index < -0.39 is 11.2 Å². The summed E-state index contributed by atoms with van der Waals surface area (Å²) in [5, 5.41) is 19.0. The lowest BCUT2D eigenvalue weighted by Gasteiger charge is -2.26. The number of aliphatic hydroxyl groups excluding tert-OH is 1. The van der Waals surface area contributed by atoms with Crippen molar-refractivity contribution in [1.29, 1.82) is 0 Å². The van der Waals surface area contributed by atoms with Crippen LogP contribution in [0.5, 0.6) is 0 Å². The molecule has 3 nitrogen and oxygen atoms in total. The normalized spacial score (nSPS) is 37.9. The number of rotatable bonds is 1. The van der Waals surface area contributed by atoms with Gasteiger partial charge in [0.25, 0.3) is 0 Å². The highest BCUT2D eigenvalue weighted by atomic mass is 16.6. The first-order chi connectivity index (χ1) is 7.08. The molecule has 1 aliphatic carbocycles. The summed E-state index contributed by atoms with van der Waals surface area (Å²) in [7, 11) is 0. The van der Waals surface area contributed by atoms with E-state index in [1.807, 2.05) is 6.92 Å². The van der Waals surface area contributed by atoms with Gasteiger partial charge in [0.15, 0.2) is 5.60 Å². The Bertz CT molecular complexity index is 296. The van der Waals surface area contributed by atoms with Gasteiger partial charge in [-0.1, -0.05) is 18.3 Å². The van der Waals surface area contributed by atoms with Crippen LogP contribution in [0.25, 0.3) is 0 Å². The van der Waals surface area contributed by atoms with Gasteiger partial charge in [0.2, 0.25) is 0 Å². The predicted molar refractivity (Wildman–Crippen MR) is 56.2 cm³/mol. The van der Waals surface area contributed by atoms with Gasteiger partial charge < -0.3 is 14.9 Å². The van der Waals surface area contributed by atoms with E-state index in [1.54, 1.807) is 0 Å². The van der Waals surface area contributed by atoms with Gasteiger partial charge in [-0.05, 0) is 32.6 Å². The molecule has 2 fully saturated rings. The Morgan fingerprint density at radius 1 is 1.27 bits per heavy atom. The maximum atomic E-state index is 10.1. The third kappa shape index (κ3) is 2.34. The van der Waals surface area contributed by atoms with Crippen LogP contribution < -0.4 is 0 Å². The van der Waals surface area contributed by atoms with Gasteiger partial charge >= 0.3 is 0 Å². The zero-order valence-electron chi connectivity index (χ0n) is 9.12. The summed E-state index contributed by atoms with van der Waals surface area (Å²) in [6.45, 7) is 1.86. The number of aliphatic hydroxyl groups is 2. The molecule has 0 bridgehead atoms. The number of ether oxygens (including phenoxy) is 1. The maximum absolute atomic E-state index is 10.1. The molecule has 2 aliphatic rings. The Labute approximate surface area is 90.4 Å². The lowest BCUT2D eigenvalue weighted by molar-refractivity contribution is 0.0607. The van der Waals surface area contributed by atoms with Crippen LogP contribution in [0, 0.1) is 11.8 Å². The van der Waals surface area contributed by atoms with Crippen LogP contribution in [0.1, 0.15) is 39.0 Å². The number of hydrogen-bond donors (Lipinski definition) is 2. The van der Waals surface area contributed by atoms with Crippen molar-refractivity contribution in [2.45, 2.75) is 56.3 Å². The third-order valence-electron chi connectivity index (χ3n) is 3.33. The van der Waals surface area contributed by atoms with E-state index >= 15 is 0 Å². The van der Waals surface area contributed by atoms with Crippen molar-refractivity contribution >= 4 is 0 Å². The van der Waals surface area contributed by atoms with Gasteiger partial charge in [0, 0.05) is 0 Å². The third-order valence-corrected chi connectivity index (χ3v) is 3.33. The molecule has 84 valence electrons. The minimum absolute atomic E-state index is 0.00358. The zero-order chi connectivity index (χ0) is 10.9. The smallest absolute Gasteiger partial charge is 0.154 e. The summed E-state index contributed by atoms with van der Waals surface area (Å²) in [6, 6.07) is 0. The highest BCUT2D eigenvalue weighted by Crippen LogP contribution is 2.35. The molecule has 1 saturated heterocycles. The lowest BCUT2D eigenvalue weighted by Crippen LogP contribution is -2.29. The van der Waals surface area contributed by atoms with Crippen LogP contribution in [0.4, 0.5) is 0 Å². The van der Waals surface area contributed by atoms with Crippen LogP contribution in [-0.4, -0.2) is 34.1 Å². The molecular formula is C12H18O3. The molecule has 0 unspecified atom stereocenters. The summed E-state index contributed by atoms with van der Waals surface area (Å²) in [5.74, 6) is 5.90. The molecule has 2 rings (SSSR count). The first-order valence-corrected chi connectivity index (χ1v) is 5.63. The fraction of sp³-hybridized carbons (Fsp3) is 0.833. The SMILES string of the molecule is C[C@@]1(C#CC2(O)CCCCC2)O[C@@H]1CO. The Morgan fingerprint density at radius 3 is 2.47 bits per heavy atom. The summed E-state index contributed by atoms with van der Waals surface area (Å²) in [5.41, 5.74) is -1.34. The average Bonchev–Trinajstić information content (AvgIpc) is 2.89. The van der Waals surface area contributed by atoms with Crippen LogP contribution in [0.2, 0.25) is 0 Å². The molecule has 3 heteroatoms. The molecule has 2 atom stereocenters. The monoisotopic (exact) mass is 210 g/mol.